The Hall–Kier alpha value is -1.93. The highest BCUT2D eigenvalue weighted by Gasteiger charge is 2.45. The second-order valence-corrected chi connectivity index (χ2v) is 7.83. The molecule has 124 valence electrons. The van der Waals surface area contributed by atoms with E-state index < -0.39 is 27.4 Å². The van der Waals surface area contributed by atoms with Gasteiger partial charge in [0.05, 0.1) is 4.90 Å². The van der Waals surface area contributed by atoms with Gasteiger partial charge < -0.3 is 10.4 Å². The van der Waals surface area contributed by atoms with Crippen LogP contribution >= 0.6 is 0 Å². The molecular formula is C15H18N2O5S. The number of carbonyl (C=O) groups excluding carboxylic acids is 1. The molecule has 2 saturated carbocycles. The fraction of sp³-hybridized carbons (Fsp3) is 0.467. The van der Waals surface area contributed by atoms with Gasteiger partial charge in [0.25, 0.3) is 5.91 Å². The van der Waals surface area contributed by atoms with Crippen LogP contribution in [0.1, 0.15) is 42.5 Å². The Bertz CT molecular complexity index is 751. The van der Waals surface area contributed by atoms with Crippen molar-refractivity contribution >= 4 is 21.9 Å². The molecule has 7 nitrogen and oxygen atoms in total. The van der Waals surface area contributed by atoms with Gasteiger partial charge in [0.2, 0.25) is 10.0 Å². The number of benzene rings is 1. The molecule has 0 spiro atoms. The van der Waals surface area contributed by atoms with Crippen molar-refractivity contribution in [1.29, 1.82) is 0 Å². The molecule has 0 atom stereocenters. The molecule has 23 heavy (non-hydrogen) atoms. The van der Waals surface area contributed by atoms with E-state index in [9.17, 15) is 23.1 Å². The molecule has 0 bridgehead atoms. The Balaban J connectivity index is 1.79. The second-order valence-electron chi connectivity index (χ2n) is 6.12. The minimum atomic E-state index is -3.65. The van der Waals surface area contributed by atoms with E-state index in [2.05, 4.69) is 10.0 Å². The van der Waals surface area contributed by atoms with Gasteiger partial charge in [-0.25, -0.2) is 17.9 Å². The summed E-state index contributed by atoms with van der Waals surface area (Å²) >= 11 is 0. The quantitative estimate of drug-likeness (QED) is 0.712. The number of carboxylic acids is 1. The fourth-order valence-electron chi connectivity index (χ4n) is 2.51. The molecule has 2 fully saturated rings. The van der Waals surface area contributed by atoms with Gasteiger partial charge in [-0.05, 0) is 50.3 Å². The van der Waals surface area contributed by atoms with Crippen molar-refractivity contribution in [3.8, 4) is 0 Å². The monoisotopic (exact) mass is 338 g/mol. The zero-order valence-electron chi connectivity index (χ0n) is 12.4. The lowest BCUT2D eigenvalue weighted by molar-refractivity contribution is -0.148. The van der Waals surface area contributed by atoms with Crippen LogP contribution in [0, 0.1) is 0 Å². The number of rotatable bonds is 6. The Morgan fingerprint density at radius 1 is 1.22 bits per heavy atom. The number of carboxylic acid groups (broad SMARTS) is 1. The van der Waals surface area contributed by atoms with E-state index in [-0.39, 0.29) is 16.5 Å². The van der Waals surface area contributed by atoms with Crippen molar-refractivity contribution < 1.29 is 23.1 Å². The average molecular weight is 338 g/mol. The zero-order chi connectivity index (χ0) is 16.7. The maximum atomic E-state index is 12.3. The van der Waals surface area contributed by atoms with Crippen LogP contribution in [0.3, 0.4) is 0 Å². The molecule has 1 aromatic rings. The van der Waals surface area contributed by atoms with Crippen LogP contribution in [0.5, 0.6) is 0 Å². The maximum Gasteiger partial charge on any atom is 0.329 e. The summed E-state index contributed by atoms with van der Waals surface area (Å²) in [5, 5.41) is 11.8. The third-order valence-electron chi connectivity index (χ3n) is 4.27. The number of hydrogen-bond acceptors (Lipinski definition) is 4. The largest absolute Gasteiger partial charge is 0.480 e. The first-order valence-electron chi connectivity index (χ1n) is 7.51. The maximum absolute atomic E-state index is 12.3. The first-order chi connectivity index (χ1) is 10.8. The van der Waals surface area contributed by atoms with Gasteiger partial charge in [-0.1, -0.05) is 6.07 Å². The molecular weight excluding hydrogens is 320 g/mol. The summed E-state index contributed by atoms with van der Waals surface area (Å²) in [7, 11) is -3.65. The topological polar surface area (TPSA) is 113 Å². The fourth-order valence-corrected chi connectivity index (χ4v) is 3.86. The second kappa shape index (κ2) is 5.61. The van der Waals surface area contributed by atoms with Crippen molar-refractivity contribution in [2.75, 3.05) is 0 Å². The van der Waals surface area contributed by atoms with Crippen LogP contribution in [-0.2, 0) is 14.8 Å². The minimum Gasteiger partial charge on any atom is -0.480 e. The SMILES string of the molecule is O=C(NC1(C(=O)O)CCC1)c1cccc(S(=O)(=O)NC2CC2)c1. The molecule has 8 heteroatoms. The van der Waals surface area contributed by atoms with E-state index in [0.717, 1.165) is 19.3 Å². The van der Waals surface area contributed by atoms with E-state index in [0.29, 0.717) is 12.8 Å². The zero-order valence-corrected chi connectivity index (χ0v) is 13.2. The van der Waals surface area contributed by atoms with Crippen LogP contribution in [-0.4, -0.2) is 37.0 Å². The molecule has 1 aromatic carbocycles. The van der Waals surface area contributed by atoms with Gasteiger partial charge in [-0.2, -0.15) is 0 Å². The first-order valence-corrected chi connectivity index (χ1v) is 8.99. The number of aliphatic carboxylic acids is 1. The molecule has 0 radical (unpaired) electrons. The molecule has 0 saturated heterocycles. The summed E-state index contributed by atoms with van der Waals surface area (Å²) in [6.45, 7) is 0. The van der Waals surface area contributed by atoms with Gasteiger partial charge in [-0.15, -0.1) is 0 Å². The van der Waals surface area contributed by atoms with Crippen LogP contribution < -0.4 is 10.0 Å². The lowest BCUT2D eigenvalue weighted by atomic mass is 9.76. The number of amides is 1. The molecule has 0 unspecified atom stereocenters. The molecule has 2 aliphatic rings. The molecule has 2 aliphatic carbocycles. The number of hydrogen-bond donors (Lipinski definition) is 3. The van der Waals surface area contributed by atoms with Gasteiger partial charge in [-0.3, -0.25) is 4.79 Å². The van der Waals surface area contributed by atoms with E-state index in [1.165, 1.54) is 24.3 Å². The molecule has 3 rings (SSSR count). The average Bonchev–Trinajstić information content (AvgIpc) is 3.25. The third kappa shape index (κ3) is 3.23. The van der Waals surface area contributed by atoms with Crippen molar-refractivity contribution in [3.63, 3.8) is 0 Å². The molecule has 1 amide bonds. The number of sulfonamides is 1. The number of carbonyl (C=O) groups is 2. The number of nitrogens with one attached hydrogen (secondary N) is 2. The van der Waals surface area contributed by atoms with Gasteiger partial charge >= 0.3 is 5.97 Å². The molecule has 0 aliphatic heterocycles. The highest BCUT2D eigenvalue weighted by molar-refractivity contribution is 7.89. The van der Waals surface area contributed by atoms with Crippen LogP contribution in [0.4, 0.5) is 0 Å². The smallest absolute Gasteiger partial charge is 0.329 e. The normalized spacial score (nSPS) is 19.7. The highest BCUT2D eigenvalue weighted by atomic mass is 32.2. The van der Waals surface area contributed by atoms with E-state index in [4.69, 9.17) is 0 Å². The van der Waals surface area contributed by atoms with Gasteiger partial charge in [0, 0.05) is 11.6 Å². The first kappa shape index (κ1) is 15.9. The minimum absolute atomic E-state index is 0.00929. The van der Waals surface area contributed by atoms with Crippen molar-refractivity contribution in [1.82, 2.24) is 10.0 Å². The predicted octanol–water partition coefficient (Wildman–Crippen LogP) is 0.864. The Morgan fingerprint density at radius 3 is 2.43 bits per heavy atom. The Kier molecular flexibility index (Phi) is 3.89. The molecule has 0 aromatic heterocycles. The summed E-state index contributed by atoms with van der Waals surface area (Å²) in [6, 6.07) is 5.61. The summed E-state index contributed by atoms with van der Waals surface area (Å²) < 4.78 is 26.9. The molecule has 3 N–H and O–H groups in total. The lowest BCUT2D eigenvalue weighted by Crippen LogP contribution is -2.59. The van der Waals surface area contributed by atoms with Crippen molar-refractivity contribution in [2.24, 2.45) is 0 Å². The van der Waals surface area contributed by atoms with Gasteiger partial charge in [0.1, 0.15) is 5.54 Å². The van der Waals surface area contributed by atoms with Crippen LogP contribution in [0.25, 0.3) is 0 Å². The summed E-state index contributed by atoms with van der Waals surface area (Å²) in [5.74, 6) is -1.63. The van der Waals surface area contributed by atoms with Gasteiger partial charge in [0.15, 0.2) is 0 Å². The Labute approximate surface area is 134 Å². The van der Waals surface area contributed by atoms with Crippen molar-refractivity contribution in [2.45, 2.75) is 48.6 Å². The van der Waals surface area contributed by atoms with Crippen LogP contribution in [0.2, 0.25) is 0 Å². The lowest BCUT2D eigenvalue weighted by Gasteiger charge is -2.38. The van der Waals surface area contributed by atoms with E-state index in [1.54, 1.807) is 0 Å². The Morgan fingerprint density at radius 2 is 1.91 bits per heavy atom. The molecule has 0 heterocycles. The standard InChI is InChI=1S/C15H18N2O5S/c18-13(16-15(14(19)20)7-2-8-15)10-3-1-4-12(9-10)23(21,22)17-11-5-6-11/h1,3-4,9,11,17H,2,5-8H2,(H,16,18)(H,19,20). The van der Waals surface area contributed by atoms with E-state index >= 15 is 0 Å². The van der Waals surface area contributed by atoms with E-state index in [1.807, 2.05) is 0 Å². The van der Waals surface area contributed by atoms with Crippen molar-refractivity contribution in [3.05, 3.63) is 29.8 Å². The third-order valence-corrected chi connectivity index (χ3v) is 5.79. The highest BCUT2D eigenvalue weighted by Crippen LogP contribution is 2.32. The van der Waals surface area contributed by atoms with Crippen LogP contribution in [0.15, 0.2) is 29.2 Å². The summed E-state index contributed by atoms with van der Waals surface area (Å²) in [6.07, 6.45) is 3.15. The summed E-state index contributed by atoms with van der Waals surface area (Å²) in [4.78, 5) is 23.6. The summed E-state index contributed by atoms with van der Waals surface area (Å²) in [5.41, 5.74) is -1.09. The predicted molar refractivity (Wildman–Crippen MR) is 81.5 cm³/mol.